The predicted molar refractivity (Wildman–Crippen MR) is 115 cm³/mol. The minimum Gasteiger partial charge on any atom is -0.469 e. The van der Waals surface area contributed by atoms with Crippen molar-refractivity contribution >= 4 is 23.4 Å². The molecule has 7 heteroatoms. The van der Waals surface area contributed by atoms with Crippen molar-refractivity contribution in [1.29, 1.82) is 0 Å². The van der Waals surface area contributed by atoms with E-state index in [1.165, 1.54) is 14.2 Å². The van der Waals surface area contributed by atoms with Gasteiger partial charge in [0.2, 0.25) is 0 Å². The number of hydrogen-bond acceptors (Lipinski definition) is 6. The van der Waals surface area contributed by atoms with Gasteiger partial charge >= 0.3 is 12.1 Å². The number of nitrogens with zero attached hydrogens (tertiary/aromatic N) is 2. The minimum absolute atomic E-state index is 0.0423. The molecule has 1 aliphatic heterocycles. The summed E-state index contributed by atoms with van der Waals surface area (Å²) in [5.41, 5.74) is 9.23. The fourth-order valence-corrected chi connectivity index (χ4v) is 3.92. The van der Waals surface area contributed by atoms with Crippen LogP contribution in [-0.2, 0) is 14.3 Å². The third-order valence-electron chi connectivity index (χ3n) is 5.53. The second kappa shape index (κ2) is 10.4. The number of hydrogen-bond donors (Lipinski definition) is 1. The molecule has 0 saturated carbocycles. The molecule has 2 N–H and O–H groups in total. The molecule has 0 spiro atoms. The Morgan fingerprint density at radius 1 is 1.17 bits per heavy atom. The summed E-state index contributed by atoms with van der Waals surface area (Å²) in [4.78, 5) is 27.5. The second-order valence-corrected chi connectivity index (χ2v) is 8.23. The fraction of sp³-hybridized carbons (Fsp3) is 0.636. The van der Waals surface area contributed by atoms with Gasteiger partial charge in [0, 0.05) is 25.7 Å². The van der Waals surface area contributed by atoms with E-state index in [9.17, 15) is 9.59 Å². The molecule has 1 saturated heterocycles. The van der Waals surface area contributed by atoms with Gasteiger partial charge in [0.15, 0.2) is 0 Å². The van der Waals surface area contributed by atoms with Crippen LogP contribution in [0.4, 0.5) is 16.2 Å². The maximum Gasteiger partial charge on any atom is 0.409 e. The molecule has 1 fully saturated rings. The summed E-state index contributed by atoms with van der Waals surface area (Å²) < 4.78 is 9.62. The lowest BCUT2D eigenvalue weighted by Crippen LogP contribution is -2.48. The summed E-state index contributed by atoms with van der Waals surface area (Å²) in [5, 5.41) is 0. The molecule has 29 heavy (non-hydrogen) atoms. The van der Waals surface area contributed by atoms with Gasteiger partial charge in [-0.2, -0.15) is 0 Å². The largest absolute Gasteiger partial charge is 0.469 e. The fourth-order valence-electron chi connectivity index (χ4n) is 3.92. The molecule has 1 aromatic carbocycles. The maximum absolute atomic E-state index is 11.8. The van der Waals surface area contributed by atoms with Crippen LogP contribution < -0.4 is 10.6 Å². The number of rotatable bonds is 7. The number of methoxy groups -OCH3 is 2. The Labute approximate surface area is 174 Å². The first-order chi connectivity index (χ1) is 13.8. The van der Waals surface area contributed by atoms with Gasteiger partial charge in [-0.25, -0.2) is 4.79 Å². The number of nitrogens with two attached hydrogens (primary N) is 1. The van der Waals surface area contributed by atoms with Gasteiger partial charge in [-0.1, -0.05) is 26.8 Å². The lowest BCUT2D eigenvalue weighted by molar-refractivity contribution is -0.140. The zero-order valence-corrected chi connectivity index (χ0v) is 18.3. The highest BCUT2D eigenvalue weighted by molar-refractivity contribution is 5.72. The van der Waals surface area contributed by atoms with Crippen LogP contribution in [0.5, 0.6) is 0 Å². The molecule has 0 unspecified atom stereocenters. The predicted octanol–water partition coefficient (Wildman–Crippen LogP) is 3.63. The number of nitrogen functional groups attached to an aromatic ring is 1. The van der Waals surface area contributed by atoms with Gasteiger partial charge in [0.25, 0.3) is 0 Å². The van der Waals surface area contributed by atoms with E-state index in [2.05, 4.69) is 30.9 Å². The van der Waals surface area contributed by atoms with Crippen LogP contribution in [-0.4, -0.2) is 56.9 Å². The molecule has 0 aromatic heterocycles. The molecule has 1 heterocycles. The number of ether oxygens (including phenoxy) is 2. The van der Waals surface area contributed by atoms with Crippen LogP contribution >= 0.6 is 0 Å². The summed E-state index contributed by atoms with van der Waals surface area (Å²) in [6.07, 6.45) is 1.82. The van der Waals surface area contributed by atoms with Crippen molar-refractivity contribution in [2.24, 2.45) is 5.92 Å². The number of anilines is 2. The highest BCUT2D eigenvalue weighted by atomic mass is 16.5. The molecule has 1 aliphatic rings. The Kier molecular flexibility index (Phi) is 8.17. The smallest absolute Gasteiger partial charge is 0.409 e. The lowest BCUT2D eigenvalue weighted by Gasteiger charge is -2.40. The Bertz CT molecular complexity index is 699. The van der Waals surface area contributed by atoms with Gasteiger partial charge in [-0.3, -0.25) is 4.79 Å². The highest BCUT2D eigenvalue weighted by Gasteiger charge is 2.29. The first-order valence-electron chi connectivity index (χ1n) is 10.3. The van der Waals surface area contributed by atoms with E-state index in [1.807, 2.05) is 13.0 Å². The summed E-state index contributed by atoms with van der Waals surface area (Å²) in [6.45, 7) is 8.64. The van der Waals surface area contributed by atoms with Crippen LogP contribution in [0, 0.1) is 5.92 Å². The number of likely N-dealkylation sites (tertiary alicyclic amines) is 1. The standard InChI is InChI=1S/C22H35N3O4/c1-15(2)14-25(18-8-10-24(11-9-18)22(27)29-5)20-7-6-17(13-19(20)23)16(3)12-21(26)28-4/h6-7,13,15-16,18H,8-12,14,23H2,1-5H3/t16-/m1/s1. The topological polar surface area (TPSA) is 85.1 Å². The normalized spacial score (nSPS) is 15.9. The number of carbonyl (C=O) groups is 2. The maximum atomic E-state index is 11.8. The van der Waals surface area contributed by atoms with Crippen molar-refractivity contribution in [2.75, 3.05) is 44.5 Å². The van der Waals surface area contributed by atoms with Gasteiger partial charge in [0.1, 0.15) is 0 Å². The van der Waals surface area contributed by atoms with Crippen molar-refractivity contribution in [3.8, 4) is 0 Å². The van der Waals surface area contributed by atoms with Gasteiger partial charge < -0.3 is 25.0 Å². The van der Waals surface area contributed by atoms with Crippen LogP contribution in [0.3, 0.4) is 0 Å². The molecule has 0 radical (unpaired) electrons. The molecule has 2 rings (SSSR count). The van der Waals surface area contributed by atoms with E-state index in [4.69, 9.17) is 15.2 Å². The molecule has 1 amide bonds. The Morgan fingerprint density at radius 3 is 2.34 bits per heavy atom. The molecule has 162 valence electrons. The summed E-state index contributed by atoms with van der Waals surface area (Å²) in [7, 11) is 2.82. The van der Waals surface area contributed by atoms with Gasteiger partial charge in [0.05, 0.1) is 32.0 Å². The molecule has 1 aromatic rings. The summed E-state index contributed by atoms with van der Waals surface area (Å²) in [5.74, 6) is 0.297. The quantitative estimate of drug-likeness (QED) is 0.551. The third kappa shape index (κ3) is 6.02. The summed E-state index contributed by atoms with van der Waals surface area (Å²) in [6, 6.07) is 6.41. The lowest BCUT2D eigenvalue weighted by atomic mass is 9.95. The number of benzene rings is 1. The van der Waals surface area contributed by atoms with Crippen molar-refractivity contribution in [2.45, 2.75) is 52.0 Å². The number of carbonyl (C=O) groups excluding carboxylic acids is 2. The number of piperidine rings is 1. The molecule has 1 atom stereocenters. The molecule has 0 aliphatic carbocycles. The monoisotopic (exact) mass is 405 g/mol. The van der Waals surface area contributed by atoms with E-state index in [1.54, 1.807) is 4.90 Å². The van der Waals surface area contributed by atoms with Crippen LogP contribution in [0.25, 0.3) is 0 Å². The van der Waals surface area contributed by atoms with Gasteiger partial charge in [-0.05, 0) is 42.4 Å². The Balaban J connectivity index is 2.18. The first kappa shape index (κ1) is 22.8. The van der Waals surface area contributed by atoms with E-state index in [0.717, 1.165) is 36.3 Å². The second-order valence-electron chi connectivity index (χ2n) is 8.23. The Morgan fingerprint density at radius 2 is 1.83 bits per heavy atom. The van der Waals surface area contributed by atoms with E-state index < -0.39 is 0 Å². The van der Waals surface area contributed by atoms with Crippen molar-refractivity contribution < 1.29 is 19.1 Å². The van der Waals surface area contributed by atoms with Crippen molar-refractivity contribution in [3.05, 3.63) is 23.8 Å². The number of amides is 1. The van der Waals surface area contributed by atoms with E-state index >= 15 is 0 Å². The van der Waals surface area contributed by atoms with E-state index in [0.29, 0.717) is 31.5 Å². The molecular weight excluding hydrogens is 370 g/mol. The summed E-state index contributed by atoms with van der Waals surface area (Å²) >= 11 is 0. The minimum atomic E-state index is -0.262. The van der Waals surface area contributed by atoms with Crippen LogP contribution in [0.15, 0.2) is 18.2 Å². The highest BCUT2D eigenvalue weighted by Crippen LogP contribution is 2.33. The molecular formula is C22H35N3O4. The zero-order valence-electron chi connectivity index (χ0n) is 18.3. The van der Waals surface area contributed by atoms with Crippen molar-refractivity contribution in [3.63, 3.8) is 0 Å². The Hall–Kier alpha value is -2.44. The number of esters is 1. The van der Waals surface area contributed by atoms with E-state index in [-0.39, 0.29) is 18.0 Å². The molecule has 0 bridgehead atoms. The third-order valence-corrected chi connectivity index (χ3v) is 5.53. The average Bonchev–Trinajstić information content (AvgIpc) is 2.71. The molecule has 7 nitrogen and oxygen atoms in total. The zero-order chi connectivity index (χ0) is 21.6. The van der Waals surface area contributed by atoms with Crippen molar-refractivity contribution in [1.82, 2.24) is 4.90 Å². The van der Waals surface area contributed by atoms with Crippen LogP contribution in [0.1, 0.15) is 51.5 Å². The average molecular weight is 406 g/mol. The first-order valence-corrected chi connectivity index (χ1v) is 10.3. The van der Waals surface area contributed by atoms with Gasteiger partial charge in [-0.15, -0.1) is 0 Å². The van der Waals surface area contributed by atoms with Crippen LogP contribution in [0.2, 0.25) is 0 Å². The SMILES string of the molecule is COC(=O)C[C@@H](C)c1ccc(N(CC(C)C)C2CCN(C(=O)OC)CC2)c(N)c1.